The fourth-order valence-electron chi connectivity index (χ4n) is 2.67. The van der Waals surface area contributed by atoms with Crippen LogP contribution >= 0.6 is 0 Å². The van der Waals surface area contributed by atoms with Crippen molar-refractivity contribution in [1.82, 2.24) is 19.6 Å². The lowest BCUT2D eigenvalue weighted by Crippen LogP contribution is -1.96. The summed E-state index contributed by atoms with van der Waals surface area (Å²) in [6.07, 6.45) is 7.10. The van der Waals surface area contributed by atoms with E-state index in [0.29, 0.717) is 0 Å². The highest BCUT2D eigenvalue weighted by atomic mass is 19.1. The number of hydrogen-bond donors (Lipinski definition) is 0. The van der Waals surface area contributed by atoms with Crippen molar-refractivity contribution >= 4 is 5.65 Å². The van der Waals surface area contributed by atoms with Crippen LogP contribution in [0.2, 0.25) is 0 Å². The van der Waals surface area contributed by atoms with E-state index in [0.717, 1.165) is 33.6 Å². The average Bonchev–Trinajstić information content (AvgIpc) is 3.00. The minimum atomic E-state index is -0.262. The lowest BCUT2D eigenvalue weighted by Gasteiger charge is -2.07. The van der Waals surface area contributed by atoms with Gasteiger partial charge in [-0.25, -0.2) is 13.9 Å². The Hall–Kier alpha value is -3.08. The van der Waals surface area contributed by atoms with E-state index in [2.05, 4.69) is 15.1 Å². The van der Waals surface area contributed by atoms with Gasteiger partial charge in [0.05, 0.1) is 11.9 Å². The SMILES string of the molecule is Cc1ccncc1-c1ccnn2c(-c3ccc(F)cc3)cnc12. The van der Waals surface area contributed by atoms with Gasteiger partial charge in [0.15, 0.2) is 5.65 Å². The van der Waals surface area contributed by atoms with Crippen LogP contribution in [-0.2, 0) is 0 Å². The van der Waals surface area contributed by atoms with Gasteiger partial charge in [-0.15, -0.1) is 0 Å². The number of aryl methyl sites for hydroxylation is 1. The molecule has 0 spiro atoms. The van der Waals surface area contributed by atoms with Crippen LogP contribution in [0.25, 0.3) is 28.0 Å². The fraction of sp³-hybridized carbons (Fsp3) is 0.0556. The summed E-state index contributed by atoms with van der Waals surface area (Å²) in [6.45, 7) is 2.04. The number of aromatic nitrogens is 4. The molecule has 0 bridgehead atoms. The number of pyridine rings is 1. The van der Waals surface area contributed by atoms with E-state index in [4.69, 9.17) is 0 Å². The van der Waals surface area contributed by atoms with Gasteiger partial charge >= 0.3 is 0 Å². The van der Waals surface area contributed by atoms with Gasteiger partial charge in [-0.2, -0.15) is 5.10 Å². The van der Waals surface area contributed by atoms with Crippen LogP contribution in [0, 0.1) is 12.7 Å². The summed E-state index contributed by atoms with van der Waals surface area (Å²) in [5.41, 5.74) is 5.56. The molecule has 0 N–H and O–H groups in total. The topological polar surface area (TPSA) is 43.1 Å². The first-order valence-electron chi connectivity index (χ1n) is 7.24. The molecule has 0 saturated heterocycles. The van der Waals surface area contributed by atoms with Crippen LogP contribution in [0.15, 0.2) is 61.2 Å². The molecule has 0 amide bonds. The van der Waals surface area contributed by atoms with Crippen molar-refractivity contribution in [2.24, 2.45) is 0 Å². The monoisotopic (exact) mass is 304 g/mol. The summed E-state index contributed by atoms with van der Waals surface area (Å²) in [5.74, 6) is -0.262. The Balaban J connectivity index is 1.94. The zero-order valence-electron chi connectivity index (χ0n) is 12.4. The van der Waals surface area contributed by atoms with Gasteiger partial charge < -0.3 is 0 Å². The number of imidazole rings is 1. The Morgan fingerprint density at radius 3 is 2.52 bits per heavy atom. The lowest BCUT2D eigenvalue weighted by atomic mass is 10.1. The van der Waals surface area contributed by atoms with Gasteiger partial charge in [-0.3, -0.25) is 4.98 Å². The molecule has 23 heavy (non-hydrogen) atoms. The molecule has 0 saturated carbocycles. The molecule has 0 unspecified atom stereocenters. The van der Waals surface area contributed by atoms with Gasteiger partial charge in [-0.05, 0) is 48.9 Å². The Morgan fingerprint density at radius 2 is 1.74 bits per heavy atom. The number of hydrogen-bond acceptors (Lipinski definition) is 3. The van der Waals surface area contributed by atoms with Gasteiger partial charge in [0.25, 0.3) is 0 Å². The molecule has 0 aliphatic heterocycles. The second-order valence-corrected chi connectivity index (χ2v) is 5.32. The predicted octanol–water partition coefficient (Wildman–Crippen LogP) is 3.91. The minimum Gasteiger partial charge on any atom is -0.264 e. The van der Waals surface area contributed by atoms with Crippen molar-refractivity contribution in [1.29, 1.82) is 0 Å². The molecule has 0 aliphatic rings. The molecule has 0 fully saturated rings. The highest BCUT2D eigenvalue weighted by molar-refractivity contribution is 5.80. The highest BCUT2D eigenvalue weighted by Gasteiger charge is 2.13. The van der Waals surface area contributed by atoms with Crippen molar-refractivity contribution in [2.45, 2.75) is 6.92 Å². The van der Waals surface area contributed by atoms with Crippen LogP contribution in [-0.4, -0.2) is 19.6 Å². The maximum absolute atomic E-state index is 13.1. The van der Waals surface area contributed by atoms with Crippen molar-refractivity contribution in [3.05, 3.63) is 72.6 Å². The van der Waals surface area contributed by atoms with Crippen LogP contribution in [0.1, 0.15) is 5.56 Å². The van der Waals surface area contributed by atoms with Gasteiger partial charge in [0, 0.05) is 35.3 Å². The maximum atomic E-state index is 13.1. The average molecular weight is 304 g/mol. The molecule has 5 heteroatoms. The smallest absolute Gasteiger partial charge is 0.162 e. The van der Waals surface area contributed by atoms with Gasteiger partial charge in [-0.1, -0.05) is 0 Å². The van der Waals surface area contributed by atoms with E-state index in [1.165, 1.54) is 12.1 Å². The first kappa shape index (κ1) is 13.6. The van der Waals surface area contributed by atoms with Gasteiger partial charge in [0.2, 0.25) is 0 Å². The van der Waals surface area contributed by atoms with Gasteiger partial charge in [0.1, 0.15) is 5.82 Å². The Bertz CT molecular complexity index is 990. The first-order valence-corrected chi connectivity index (χ1v) is 7.24. The molecule has 1 aromatic carbocycles. The molecule has 3 heterocycles. The third kappa shape index (κ3) is 2.26. The van der Waals surface area contributed by atoms with Crippen molar-refractivity contribution in [3.8, 4) is 22.4 Å². The van der Waals surface area contributed by atoms with Crippen LogP contribution in [0.3, 0.4) is 0 Å². The zero-order valence-corrected chi connectivity index (χ0v) is 12.4. The number of nitrogens with zero attached hydrogens (tertiary/aromatic N) is 4. The van der Waals surface area contributed by atoms with Crippen molar-refractivity contribution in [3.63, 3.8) is 0 Å². The van der Waals surface area contributed by atoms with E-state index in [-0.39, 0.29) is 5.82 Å². The van der Waals surface area contributed by atoms with Crippen LogP contribution < -0.4 is 0 Å². The number of rotatable bonds is 2. The van der Waals surface area contributed by atoms with E-state index in [9.17, 15) is 4.39 Å². The number of halogens is 1. The largest absolute Gasteiger partial charge is 0.264 e. The molecule has 4 rings (SSSR count). The van der Waals surface area contributed by atoms with Crippen molar-refractivity contribution in [2.75, 3.05) is 0 Å². The van der Waals surface area contributed by atoms with E-state index >= 15 is 0 Å². The predicted molar refractivity (Wildman–Crippen MR) is 86.3 cm³/mol. The highest BCUT2D eigenvalue weighted by Crippen LogP contribution is 2.28. The van der Waals surface area contributed by atoms with Crippen LogP contribution in [0.4, 0.5) is 4.39 Å². The summed E-state index contributed by atoms with van der Waals surface area (Å²) in [5, 5.41) is 4.40. The quantitative estimate of drug-likeness (QED) is 0.564. The number of benzene rings is 1. The third-order valence-electron chi connectivity index (χ3n) is 3.87. The van der Waals surface area contributed by atoms with E-state index < -0.39 is 0 Å². The minimum absolute atomic E-state index is 0.262. The molecule has 3 aromatic heterocycles. The second-order valence-electron chi connectivity index (χ2n) is 5.32. The van der Waals surface area contributed by atoms with E-state index in [1.807, 2.05) is 25.3 Å². The Kier molecular flexibility index (Phi) is 3.12. The Labute approximate surface area is 132 Å². The maximum Gasteiger partial charge on any atom is 0.162 e. The number of fused-ring (bicyclic) bond motifs is 1. The molecular formula is C18H13FN4. The summed E-state index contributed by atoms with van der Waals surface area (Å²) in [4.78, 5) is 8.72. The molecule has 0 aliphatic carbocycles. The normalized spacial score (nSPS) is 11.0. The van der Waals surface area contributed by atoms with Crippen LogP contribution in [0.5, 0.6) is 0 Å². The second kappa shape index (κ2) is 5.28. The summed E-state index contributed by atoms with van der Waals surface area (Å²) < 4.78 is 14.9. The summed E-state index contributed by atoms with van der Waals surface area (Å²) in [7, 11) is 0. The zero-order chi connectivity index (χ0) is 15.8. The molecular weight excluding hydrogens is 291 g/mol. The molecule has 0 radical (unpaired) electrons. The molecule has 4 nitrogen and oxygen atoms in total. The Morgan fingerprint density at radius 1 is 0.913 bits per heavy atom. The molecule has 0 atom stereocenters. The van der Waals surface area contributed by atoms with E-state index in [1.54, 1.807) is 35.2 Å². The standard InChI is InChI=1S/C18H13FN4/c1-12-6-8-20-10-16(12)15-7-9-22-23-17(11-21-18(15)23)13-2-4-14(19)5-3-13/h2-11H,1H3. The lowest BCUT2D eigenvalue weighted by molar-refractivity contribution is 0.628. The van der Waals surface area contributed by atoms with Crippen molar-refractivity contribution < 1.29 is 4.39 Å². The first-order chi connectivity index (χ1) is 11.2. The summed E-state index contributed by atoms with van der Waals surface area (Å²) in [6, 6.07) is 10.2. The third-order valence-corrected chi connectivity index (χ3v) is 3.87. The fourth-order valence-corrected chi connectivity index (χ4v) is 2.67. The molecule has 112 valence electrons. The molecule has 4 aromatic rings. The summed E-state index contributed by atoms with van der Waals surface area (Å²) >= 11 is 0.